The van der Waals surface area contributed by atoms with Crippen LogP contribution in [0, 0.1) is 6.92 Å². The van der Waals surface area contributed by atoms with E-state index in [1.165, 1.54) is 22.3 Å². The molecule has 0 atom stereocenters. The van der Waals surface area contributed by atoms with Crippen molar-refractivity contribution in [3.05, 3.63) is 83.9 Å². The highest BCUT2D eigenvalue weighted by Crippen LogP contribution is 2.29. The number of carbonyl (C=O) groups is 1. The Morgan fingerprint density at radius 2 is 1.76 bits per heavy atom. The van der Waals surface area contributed by atoms with Gasteiger partial charge in [0.05, 0.1) is 11.9 Å². The quantitative estimate of drug-likeness (QED) is 0.518. The van der Waals surface area contributed by atoms with Gasteiger partial charge in [-0.05, 0) is 49.4 Å². The minimum atomic E-state index is -0.0823. The molecule has 1 aliphatic rings. The van der Waals surface area contributed by atoms with Crippen molar-refractivity contribution >= 4 is 22.5 Å². The first kappa shape index (κ1) is 19.2. The number of amides is 1. The van der Waals surface area contributed by atoms with Gasteiger partial charge in [-0.15, -0.1) is 4.68 Å². The van der Waals surface area contributed by atoms with Crippen molar-refractivity contribution in [1.82, 2.24) is 4.68 Å². The average molecular weight is 404 g/mol. The van der Waals surface area contributed by atoms with Gasteiger partial charge in [-0.2, -0.15) is 4.68 Å². The van der Waals surface area contributed by atoms with Gasteiger partial charge >= 0.3 is 0 Å². The van der Waals surface area contributed by atoms with Crippen LogP contribution >= 0.6 is 0 Å². The maximum atomic E-state index is 12.8. The highest BCUT2D eigenvalue weighted by molar-refractivity contribution is 6.07. The molecule has 0 saturated heterocycles. The van der Waals surface area contributed by atoms with Crippen molar-refractivity contribution in [1.29, 1.82) is 0 Å². The lowest BCUT2D eigenvalue weighted by Crippen LogP contribution is -3.00. The number of hydrogen-bond donors (Lipinski definition) is 1. The summed E-state index contributed by atoms with van der Waals surface area (Å²) in [6.07, 6.45) is 1.14. The molecule has 5 rings (SSSR count). The summed E-state index contributed by atoms with van der Waals surface area (Å²) >= 11 is 0. The van der Waals surface area contributed by atoms with Crippen LogP contribution in [-0.2, 0) is 13.1 Å². The van der Waals surface area contributed by atoms with Crippen molar-refractivity contribution in [2.75, 3.05) is 5.32 Å². The van der Waals surface area contributed by atoms with E-state index in [1.54, 1.807) is 0 Å². The first-order chi connectivity index (χ1) is 13.7. The minimum Gasteiger partial charge on any atom is -1.00 e. The molecule has 1 aromatic heterocycles. The number of fused-ring (bicyclic) bond motifs is 3. The van der Waals surface area contributed by atoms with Gasteiger partial charge in [-0.25, -0.2) is 0 Å². The molecule has 0 spiro atoms. The predicted molar refractivity (Wildman–Crippen MR) is 111 cm³/mol. The molecule has 1 N–H and O–H groups in total. The molecule has 1 aliphatic heterocycles. The van der Waals surface area contributed by atoms with Crippen LogP contribution in [-0.4, -0.2) is 10.6 Å². The van der Waals surface area contributed by atoms with E-state index < -0.39 is 0 Å². The Morgan fingerprint density at radius 3 is 2.52 bits per heavy atom. The van der Waals surface area contributed by atoms with E-state index >= 15 is 0 Å². The Balaban J connectivity index is 0.00000205. The number of rotatable bonds is 3. The van der Waals surface area contributed by atoms with Gasteiger partial charge in [0.25, 0.3) is 5.91 Å². The summed E-state index contributed by atoms with van der Waals surface area (Å²) in [7, 11) is 0. The van der Waals surface area contributed by atoms with E-state index in [0.717, 1.165) is 30.6 Å². The highest BCUT2D eigenvalue weighted by atomic mass is 35.5. The summed E-state index contributed by atoms with van der Waals surface area (Å²) in [6.45, 7) is 4.05. The number of aromatic nitrogens is 2. The number of hydrogen-bond acceptors (Lipinski definition) is 1. The fourth-order valence-corrected chi connectivity index (χ4v) is 4.07. The van der Waals surface area contributed by atoms with E-state index in [4.69, 9.17) is 0 Å². The molecule has 2 heterocycles. The van der Waals surface area contributed by atoms with E-state index in [0.29, 0.717) is 5.56 Å². The van der Waals surface area contributed by atoms with Crippen LogP contribution < -0.4 is 22.4 Å². The number of halogens is 1. The molecule has 0 radical (unpaired) electrons. The number of nitrogens with zero attached hydrogens (tertiary/aromatic N) is 2. The fourth-order valence-electron chi connectivity index (χ4n) is 4.07. The molecule has 146 valence electrons. The van der Waals surface area contributed by atoms with E-state index in [9.17, 15) is 4.79 Å². The number of anilines is 1. The van der Waals surface area contributed by atoms with Crippen molar-refractivity contribution < 1.29 is 21.9 Å². The summed E-state index contributed by atoms with van der Waals surface area (Å²) in [4.78, 5) is 12.8. The van der Waals surface area contributed by atoms with E-state index in [-0.39, 0.29) is 18.3 Å². The fraction of sp³-hybridized carbons (Fsp3) is 0.167. The number of nitrogens with one attached hydrogen (secondary N) is 1. The zero-order valence-corrected chi connectivity index (χ0v) is 17.0. The summed E-state index contributed by atoms with van der Waals surface area (Å²) in [5.74, 6) is -0.0823. The van der Waals surface area contributed by atoms with Gasteiger partial charge < -0.3 is 17.7 Å². The Morgan fingerprint density at radius 1 is 1.00 bits per heavy atom. The highest BCUT2D eigenvalue weighted by Gasteiger charge is 2.30. The molecule has 4 nitrogen and oxygen atoms in total. The molecule has 1 amide bonds. The average Bonchev–Trinajstić information content (AvgIpc) is 3.30. The van der Waals surface area contributed by atoms with Crippen LogP contribution in [0.4, 0.5) is 5.69 Å². The monoisotopic (exact) mass is 403 g/mol. The molecule has 0 saturated carbocycles. The lowest BCUT2D eigenvalue weighted by molar-refractivity contribution is -0.745. The minimum absolute atomic E-state index is 0. The van der Waals surface area contributed by atoms with Gasteiger partial charge in [0.2, 0.25) is 5.69 Å². The third-order valence-electron chi connectivity index (χ3n) is 5.44. The molecular formula is C24H22ClN3O. The maximum Gasteiger partial charge on any atom is 0.255 e. The lowest BCUT2D eigenvalue weighted by Gasteiger charge is -2.06. The Kier molecular flexibility index (Phi) is 5.12. The van der Waals surface area contributed by atoms with Crippen molar-refractivity contribution in [3.63, 3.8) is 0 Å². The largest absolute Gasteiger partial charge is 1.00 e. The van der Waals surface area contributed by atoms with Crippen molar-refractivity contribution in [2.45, 2.75) is 26.4 Å². The second kappa shape index (κ2) is 7.72. The van der Waals surface area contributed by atoms with Crippen LogP contribution in [0.25, 0.3) is 22.2 Å². The zero-order valence-electron chi connectivity index (χ0n) is 16.2. The third kappa shape index (κ3) is 3.40. The summed E-state index contributed by atoms with van der Waals surface area (Å²) in [5.41, 5.74) is 6.22. The molecular weight excluding hydrogens is 382 g/mol. The third-order valence-corrected chi connectivity index (χ3v) is 5.44. The van der Waals surface area contributed by atoms with Crippen LogP contribution in [0.5, 0.6) is 0 Å². The SMILES string of the molecule is Cc1ccc(NC(=O)c2ccc3c(c2)c(-c2ccccc2)[n+]2n3CCC2)cc1.[Cl-]. The Bertz CT molecular complexity index is 1180. The molecule has 0 bridgehead atoms. The van der Waals surface area contributed by atoms with E-state index in [2.05, 4.69) is 45.0 Å². The predicted octanol–water partition coefficient (Wildman–Crippen LogP) is 1.56. The second-order valence-electron chi connectivity index (χ2n) is 7.37. The van der Waals surface area contributed by atoms with Gasteiger partial charge in [-0.3, -0.25) is 4.79 Å². The van der Waals surface area contributed by atoms with Gasteiger partial charge in [0.1, 0.15) is 5.52 Å². The van der Waals surface area contributed by atoms with Crippen LogP contribution in [0.1, 0.15) is 22.3 Å². The maximum absolute atomic E-state index is 12.8. The van der Waals surface area contributed by atoms with Gasteiger partial charge in [0, 0.05) is 23.2 Å². The molecule has 5 heteroatoms. The molecule has 0 unspecified atom stereocenters. The lowest BCUT2D eigenvalue weighted by atomic mass is 10.0. The number of aryl methyl sites for hydroxylation is 2. The normalized spacial score (nSPS) is 12.4. The summed E-state index contributed by atoms with van der Waals surface area (Å²) in [6, 6.07) is 24.3. The number of benzene rings is 3. The van der Waals surface area contributed by atoms with Gasteiger partial charge in [0.15, 0.2) is 6.54 Å². The van der Waals surface area contributed by atoms with Crippen molar-refractivity contribution in [2.24, 2.45) is 0 Å². The second-order valence-corrected chi connectivity index (χ2v) is 7.37. The van der Waals surface area contributed by atoms with E-state index in [1.807, 2.05) is 49.4 Å². The Hall–Kier alpha value is -3.11. The first-order valence-corrected chi connectivity index (χ1v) is 9.70. The topological polar surface area (TPSA) is 37.9 Å². The standard InChI is InChI=1S/C24H21N3O.ClH/c1-17-8-11-20(12-9-17)25-24(28)19-10-13-22-21(16-19)23(18-6-3-2-4-7-18)27-15-5-14-26(22)27;/h2-4,6-13,16H,5,14-15H2,1H3;1H. The van der Waals surface area contributed by atoms with Crippen LogP contribution in [0.3, 0.4) is 0 Å². The smallest absolute Gasteiger partial charge is 0.255 e. The molecule has 0 aliphatic carbocycles. The molecule has 0 fully saturated rings. The van der Waals surface area contributed by atoms with Crippen LogP contribution in [0.2, 0.25) is 0 Å². The zero-order chi connectivity index (χ0) is 19.1. The van der Waals surface area contributed by atoms with Gasteiger partial charge in [-0.1, -0.05) is 35.9 Å². The summed E-state index contributed by atoms with van der Waals surface area (Å²) < 4.78 is 4.68. The van der Waals surface area contributed by atoms with Crippen LogP contribution in [0.15, 0.2) is 72.8 Å². The Labute approximate surface area is 176 Å². The molecule has 4 aromatic rings. The molecule has 29 heavy (non-hydrogen) atoms. The summed E-state index contributed by atoms with van der Waals surface area (Å²) in [5, 5.41) is 4.13. The first-order valence-electron chi connectivity index (χ1n) is 9.70. The van der Waals surface area contributed by atoms with Crippen molar-refractivity contribution in [3.8, 4) is 11.3 Å². The number of carbonyl (C=O) groups excluding carboxylic acids is 1. The molecule has 3 aromatic carbocycles.